The number of hydrogen-bond acceptors (Lipinski definition) is 6. The van der Waals surface area contributed by atoms with Crippen molar-refractivity contribution in [2.24, 2.45) is 11.5 Å². The van der Waals surface area contributed by atoms with Crippen LogP contribution in [0.4, 0.5) is 0 Å². The summed E-state index contributed by atoms with van der Waals surface area (Å²) in [5.41, 5.74) is 10.6. The molecule has 0 bridgehead atoms. The lowest BCUT2D eigenvalue weighted by Crippen LogP contribution is -2.50. The van der Waals surface area contributed by atoms with Gasteiger partial charge in [0.15, 0.2) is 0 Å². The molecule has 0 saturated heterocycles. The zero-order chi connectivity index (χ0) is 15.7. The number of rotatable bonds is 11. The molecule has 0 aliphatic heterocycles. The fourth-order valence-electron chi connectivity index (χ4n) is 1.61. The van der Waals surface area contributed by atoms with Gasteiger partial charge in [0.1, 0.15) is 18.1 Å². The molecule has 1 unspecified atom stereocenters. The van der Waals surface area contributed by atoms with Crippen molar-refractivity contribution >= 4 is 17.9 Å². The highest BCUT2D eigenvalue weighted by Crippen LogP contribution is 2.05. The number of aliphatic carboxylic acids is 3. The lowest BCUT2D eigenvalue weighted by Gasteiger charge is -2.21. The van der Waals surface area contributed by atoms with Gasteiger partial charge in [-0.25, -0.2) is 0 Å². The number of unbranched alkanes of at least 4 members (excludes halogenated alkanes) is 1. The predicted octanol–water partition coefficient (Wildman–Crippen LogP) is -1.59. The zero-order valence-electron chi connectivity index (χ0n) is 11.0. The minimum absolute atomic E-state index is 0.207. The third kappa shape index (κ3) is 7.02. The van der Waals surface area contributed by atoms with Gasteiger partial charge in [-0.05, 0) is 25.8 Å². The van der Waals surface area contributed by atoms with Crippen LogP contribution in [0.3, 0.4) is 0 Å². The first-order valence-electron chi connectivity index (χ1n) is 6.19. The molecule has 20 heavy (non-hydrogen) atoms. The molecule has 9 heteroatoms. The summed E-state index contributed by atoms with van der Waals surface area (Å²) in [4.78, 5) is 32.7. The van der Waals surface area contributed by atoms with Crippen molar-refractivity contribution in [2.75, 3.05) is 6.54 Å². The highest BCUT2D eigenvalue weighted by Gasteiger charge is 2.29. The van der Waals surface area contributed by atoms with Crippen LogP contribution in [-0.4, -0.2) is 57.9 Å². The van der Waals surface area contributed by atoms with Gasteiger partial charge in [0.2, 0.25) is 0 Å². The smallest absolute Gasteiger partial charge is 0.320 e. The Labute approximate surface area is 115 Å². The van der Waals surface area contributed by atoms with Crippen LogP contribution >= 0.6 is 0 Å². The van der Waals surface area contributed by atoms with Crippen molar-refractivity contribution in [1.82, 2.24) is 5.32 Å². The molecule has 0 fully saturated rings. The summed E-state index contributed by atoms with van der Waals surface area (Å²) in [6.45, 7) is 0.415. The van der Waals surface area contributed by atoms with E-state index in [1.54, 1.807) is 0 Å². The second-order valence-electron chi connectivity index (χ2n) is 4.41. The summed E-state index contributed by atoms with van der Waals surface area (Å²) >= 11 is 0. The third-order valence-corrected chi connectivity index (χ3v) is 2.75. The van der Waals surface area contributed by atoms with Gasteiger partial charge < -0.3 is 26.8 Å². The molecule has 116 valence electrons. The van der Waals surface area contributed by atoms with E-state index in [0.717, 1.165) is 0 Å². The first-order chi connectivity index (χ1) is 9.29. The van der Waals surface area contributed by atoms with E-state index in [4.69, 9.17) is 26.8 Å². The molecule has 0 aromatic carbocycles. The summed E-state index contributed by atoms with van der Waals surface area (Å²) in [5.74, 6) is -3.88. The van der Waals surface area contributed by atoms with E-state index in [1.807, 2.05) is 0 Å². The van der Waals surface area contributed by atoms with Crippen molar-refractivity contribution in [2.45, 2.75) is 43.8 Å². The predicted molar refractivity (Wildman–Crippen MR) is 69.1 cm³/mol. The molecule has 9 nitrogen and oxygen atoms in total. The zero-order valence-corrected chi connectivity index (χ0v) is 11.0. The Morgan fingerprint density at radius 2 is 1.50 bits per heavy atom. The molecular weight excluding hydrogens is 270 g/mol. The Balaban J connectivity index is 4.62. The second-order valence-corrected chi connectivity index (χ2v) is 4.41. The molecule has 0 aliphatic rings. The van der Waals surface area contributed by atoms with Crippen molar-refractivity contribution in [3.8, 4) is 0 Å². The van der Waals surface area contributed by atoms with Crippen LogP contribution in [0.1, 0.15) is 25.7 Å². The van der Waals surface area contributed by atoms with Gasteiger partial charge in [-0.3, -0.25) is 19.7 Å². The minimum Gasteiger partial charge on any atom is -0.480 e. The quantitative estimate of drug-likeness (QED) is 0.245. The lowest BCUT2D eigenvalue weighted by molar-refractivity contribution is -0.143. The third-order valence-electron chi connectivity index (χ3n) is 2.75. The number of nitrogens with two attached hydrogens (primary N) is 2. The standard InChI is InChI=1S/C11H21N3O6/c12-4-2-1-3-7(10(17)18)14-8(11(19)20)5-6(13)9(15)16/h6-8,14H,1-5,12-13H2,(H,15,16)(H,17,18)(H,19,20)/t6-,7-,8?/m0/s1. The van der Waals surface area contributed by atoms with Gasteiger partial charge in [0.25, 0.3) is 0 Å². The summed E-state index contributed by atoms with van der Waals surface area (Å²) in [5, 5.41) is 29.1. The van der Waals surface area contributed by atoms with E-state index < -0.39 is 42.5 Å². The normalized spacial score (nSPS) is 15.3. The van der Waals surface area contributed by atoms with Crippen LogP contribution in [0.25, 0.3) is 0 Å². The van der Waals surface area contributed by atoms with E-state index in [1.165, 1.54) is 0 Å². The molecule has 3 atom stereocenters. The Bertz CT molecular complexity index is 349. The van der Waals surface area contributed by atoms with Crippen molar-refractivity contribution in [1.29, 1.82) is 0 Å². The van der Waals surface area contributed by atoms with E-state index in [9.17, 15) is 14.4 Å². The molecule has 0 spiro atoms. The van der Waals surface area contributed by atoms with Crippen LogP contribution in [0.15, 0.2) is 0 Å². The number of carboxylic acid groups (broad SMARTS) is 3. The first-order valence-corrected chi connectivity index (χ1v) is 6.19. The molecule has 8 N–H and O–H groups in total. The largest absolute Gasteiger partial charge is 0.480 e. The number of hydrogen-bond donors (Lipinski definition) is 6. The highest BCUT2D eigenvalue weighted by atomic mass is 16.4. The number of carboxylic acids is 3. The molecule has 0 aromatic rings. The Kier molecular flexibility index (Phi) is 8.45. The van der Waals surface area contributed by atoms with Gasteiger partial charge in [-0.1, -0.05) is 6.42 Å². The SMILES string of the molecule is NCCCC[C@H](NC(C[C@H](N)C(=O)O)C(=O)O)C(=O)O. The van der Waals surface area contributed by atoms with E-state index in [0.29, 0.717) is 19.4 Å². The maximum absolute atomic E-state index is 11.0. The summed E-state index contributed by atoms with van der Waals surface area (Å²) in [7, 11) is 0. The molecule has 0 radical (unpaired) electrons. The molecule has 0 rings (SSSR count). The van der Waals surface area contributed by atoms with Crippen LogP contribution in [0.2, 0.25) is 0 Å². The van der Waals surface area contributed by atoms with Crippen molar-refractivity contribution < 1.29 is 29.7 Å². The minimum atomic E-state index is -1.37. The Morgan fingerprint density at radius 1 is 0.950 bits per heavy atom. The highest BCUT2D eigenvalue weighted by molar-refractivity contribution is 5.79. The molecule has 0 heterocycles. The number of nitrogens with one attached hydrogen (secondary N) is 1. The van der Waals surface area contributed by atoms with Crippen molar-refractivity contribution in [3.05, 3.63) is 0 Å². The van der Waals surface area contributed by atoms with Crippen molar-refractivity contribution in [3.63, 3.8) is 0 Å². The number of carbonyl (C=O) groups is 3. The van der Waals surface area contributed by atoms with E-state index in [2.05, 4.69) is 5.32 Å². The summed E-state index contributed by atoms with van der Waals surface area (Å²) in [6, 6.07) is -3.79. The molecular formula is C11H21N3O6. The topological polar surface area (TPSA) is 176 Å². The maximum atomic E-state index is 11.0. The second kappa shape index (κ2) is 9.23. The lowest BCUT2D eigenvalue weighted by atomic mass is 10.0. The molecule has 0 saturated carbocycles. The van der Waals surface area contributed by atoms with Gasteiger partial charge in [-0.2, -0.15) is 0 Å². The van der Waals surface area contributed by atoms with Crippen LogP contribution < -0.4 is 16.8 Å². The van der Waals surface area contributed by atoms with Crippen LogP contribution in [-0.2, 0) is 14.4 Å². The molecule has 0 aromatic heterocycles. The van der Waals surface area contributed by atoms with Gasteiger partial charge in [0.05, 0.1) is 0 Å². The van der Waals surface area contributed by atoms with E-state index >= 15 is 0 Å². The molecule has 0 aliphatic carbocycles. The van der Waals surface area contributed by atoms with Crippen LogP contribution in [0, 0.1) is 0 Å². The van der Waals surface area contributed by atoms with Gasteiger partial charge >= 0.3 is 17.9 Å². The summed E-state index contributed by atoms with van der Waals surface area (Å²) in [6.07, 6.45) is 0.958. The van der Waals surface area contributed by atoms with Gasteiger partial charge in [0, 0.05) is 0 Å². The van der Waals surface area contributed by atoms with Gasteiger partial charge in [-0.15, -0.1) is 0 Å². The monoisotopic (exact) mass is 291 g/mol. The average molecular weight is 291 g/mol. The maximum Gasteiger partial charge on any atom is 0.320 e. The first kappa shape index (κ1) is 18.3. The van der Waals surface area contributed by atoms with E-state index in [-0.39, 0.29) is 6.42 Å². The summed E-state index contributed by atoms with van der Waals surface area (Å²) < 4.78 is 0. The fraction of sp³-hybridized carbons (Fsp3) is 0.727. The fourth-order valence-corrected chi connectivity index (χ4v) is 1.61. The van der Waals surface area contributed by atoms with Crippen LogP contribution in [0.5, 0.6) is 0 Å². The molecule has 0 amide bonds. The Morgan fingerprint density at radius 3 is 1.90 bits per heavy atom. The average Bonchev–Trinajstić information content (AvgIpc) is 2.35. The Hall–Kier alpha value is -1.71.